The fraction of sp³-hybridized carbons (Fsp3) is 0.500. The highest BCUT2D eigenvalue weighted by molar-refractivity contribution is 9.10. The Morgan fingerprint density at radius 2 is 2.26 bits per heavy atom. The summed E-state index contributed by atoms with van der Waals surface area (Å²) in [4.78, 5) is 14.3. The average Bonchev–Trinajstić information content (AvgIpc) is 2.36. The minimum atomic E-state index is -0.151. The number of hydrogen-bond acceptors (Lipinski definition) is 3. The molecule has 0 aromatic heterocycles. The van der Waals surface area contributed by atoms with Crippen molar-refractivity contribution in [2.75, 3.05) is 25.0 Å². The predicted octanol–water partition coefficient (Wildman–Crippen LogP) is 1.67. The molecule has 2 unspecified atom stereocenters. The molecule has 4 nitrogen and oxygen atoms in total. The van der Waals surface area contributed by atoms with Crippen molar-refractivity contribution in [2.45, 2.75) is 25.9 Å². The van der Waals surface area contributed by atoms with Gasteiger partial charge in [-0.1, -0.05) is 15.9 Å². The fourth-order valence-electron chi connectivity index (χ4n) is 2.44. The number of benzene rings is 1. The molecule has 2 rings (SSSR count). The van der Waals surface area contributed by atoms with Gasteiger partial charge in [0.05, 0.1) is 0 Å². The number of aryl methyl sites for hydroxylation is 1. The second-order valence-electron chi connectivity index (χ2n) is 5.07. The highest BCUT2D eigenvalue weighted by atomic mass is 79.9. The van der Waals surface area contributed by atoms with Gasteiger partial charge in [0, 0.05) is 29.3 Å². The number of halogens is 1. The quantitative estimate of drug-likeness (QED) is 0.888. The van der Waals surface area contributed by atoms with E-state index in [0.29, 0.717) is 6.54 Å². The number of hydrogen-bond donors (Lipinski definition) is 2. The van der Waals surface area contributed by atoms with Gasteiger partial charge in [0.25, 0.3) is 0 Å². The Kier molecular flexibility index (Phi) is 4.47. The minimum absolute atomic E-state index is 0.0914. The lowest BCUT2D eigenvalue weighted by atomic mass is 10.1. The van der Waals surface area contributed by atoms with Gasteiger partial charge in [0.1, 0.15) is 6.04 Å². The third-order valence-corrected chi connectivity index (χ3v) is 4.30. The number of likely N-dealkylation sites (N-methyl/N-ethyl adjacent to an activating group) is 1. The summed E-state index contributed by atoms with van der Waals surface area (Å²) in [7, 11) is 1.87. The lowest BCUT2D eigenvalue weighted by molar-refractivity contribution is -0.124. The van der Waals surface area contributed by atoms with Crippen LogP contribution >= 0.6 is 15.9 Å². The summed E-state index contributed by atoms with van der Waals surface area (Å²) >= 11 is 3.51. The first-order valence-corrected chi connectivity index (χ1v) is 7.30. The lowest BCUT2D eigenvalue weighted by Gasteiger charge is -2.40. The molecule has 0 aliphatic carbocycles. The Bertz CT molecular complexity index is 478. The van der Waals surface area contributed by atoms with Gasteiger partial charge in [-0.2, -0.15) is 0 Å². The van der Waals surface area contributed by atoms with Gasteiger partial charge in [-0.15, -0.1) is 0 Å². The van der Waals surface area contributed by atoms with Crippen molar-refractivity contribution < 1.29 is 4.79 Å². The molecule has 19 heavy (non-hydrogen) atoms. The summed E-state index contributed by atoms with van der Waals surface area (Å²) < 4.78 is 1.09. The van der Waals surface area contributed by atoms with Crippen molar-refractivity contribution in [1.29, 1.82) is 0 Å². The fourth-order valence-corrected chi connectivity index (χ4v) is 2.68. The lowest BCUT2D eigenvalue weighted by Crippen LogP contribution is -2.62. The molecule has 1 aliphatic heterocycles. The second kappa shape index (κ2) is 5.92. The van der Waals surface area contributed by atoms with E-state index in [0.717, 1.165) is 16.7 Å². The predicted molar refractivity (Wildman–Crippen MR) is 81.5 cm³/mol. The first-order chi connectivity index (χ1) is 9.02. The molecule has 2 atom stereocenters. The van der Waals surface area contributed by atoms with Crippen LogP contribution in [0.25, 0.3) is 0 Å². The van der Waals surface area contributed by atoms with Crippen LogP contribution in [-0.2, 0) is 4.79 Å². The van der Waals surface area contributed by atoms with Crippen LogP contribution in [0.3, 0.4) is 0 Å². The Morgan fingerprint density at radius 3 is 2.89 bits per heavy atom. The van der Waals surface area contributed by atoms with Crippen LogP contribution in [-0.4, -0.2) is 38.1 Å². The first-order valence-electron chi connectivity index (χ1n) is 6.50. The van der Waals surface area contributed by atoms with E-state index in [1.54, 1.807) is 0 Å². The number of nitrogens with one attached hydrogen (secondary N) is 2. The summed E-state index contributed by atoms with van der Waals surface area (Å²) in [5.41, 5.74) is 2.28. The molecule has 0 radical (unpaired) electrons. The van der Waals surface area contributed by atoms with E-state index < -0.39 is 0 Å². The standard InChI is InChI=1S/C14H20BrN3O/c1-9-6-11(4-5-12(9)15)18-8-10(2)17-14(19)13(18)7-16-3/h4-6,10,13,16H,7-8H2,1-3H3,(H,17,19). The van der Waals surface area contributed by atoms with Crippen LogP contribution in [0.5, 0.6) is 0 Å². The molecular weight excluding hydrogens is 306 g/mol. The highest BCUT2D eigenvalue weighted by Crippen LogP contribution is 2.25. The highest BCUT2D eigenvalue weighted by Gasteiger charge is 2.32. The van der Waals surface area contributed by atoms with E-state index in [1.807, 2.05) is 20.0 Å². The summed E-state index contributed by atoms with van der Waals surface area (Å²) in [5, 5.41) is 6.11. The van der Waals surface area contributed by atoms with E-state index in [9.17, 15) is 4.79 Å². The zero-order valence-electron chi connectivity index (χ0n) is 11.5. The molecular formula is C14H20BrN3O. The number of nitrogens with zero attached hydrogens (tertiary/aromatic N) is 1. The van der Waals surface area contributed by atoms with Gasteiger partial charge in [-0.25, -0.2) is 0 Å². The molecule has 1 saturated heterocycles. The SMILES string of the molecule is CNCC1C(=O)NC(C)CN1c1ccc(Br)c(C)c1. The monoisotopic (exact) mass is 325 g/mol. The molecule has 1 aliphatic rings. The number of carbonyl (C=O) groups is 1. The van der Waals surface area contributed by atoms with Gasteiger partial charge in [0.2, 0.25) is 5.91 Å². The Labute approximate surface area is 122 Å². The molecule has 1 fully saturated rings. The maximum atomic E-state index is 12.1. The first kappa shape index (κ1) is 14.3. The molecule has 1 heterocycles. The average molecular weight is 326 g/mol. The van der Waals surface area contributed by atoms with E-state index >= 15 is 0 Å². The van der Waals surface area contributed by atoms with Crippen molar-refractivity contribution in [3.8, 4) is 0 Å². The van der Waals surface area contributed by atoms with Crippen LogP contribution in [0, 0.1) is 6.92 Å². The minimum Gasteiger partial charge on any atom is -0.356 e. The molecule has 104 valence electrons. The van der Waals surface area contributed by atoms with Crippen LogP contribution in [0.1, 0.15) is 12.5 Å². The van der Waals surface area contributed by atoms with Crippen molar-refractivity contribution in [2.24, 2.45) is 0 Å². The van der Waals surface area contributed by atoms with Crippen LogP contribution in [0.4, 0.5) is 5.69 Å². The summed E-state index contributed by atoms with van der Waals surface area (Å²) in [6.45, 7) is 5.58. The maximum Gasteiger partial charge on any atom is 0.244 e. The smallest absolute Gasteiger partial charge is 0.244 e. The third-order valence-electron chi connectivity index (χ3n) is 3.41. The third kappa shape index (κ3) is 3.09. The molecule has 1 aromatic rings. The molecule has 0 saturated carbocycles. The normalized spacial score (nSPS) is 23.4. The van der Waals surface area contributed by atoms with Crippen molar-refractivity contribution in [3.05, 3.63) is 28.2 Å². The van der Waals surface area contributed by atoms with Crippen LogP contribution in [0.15, 0.2) is 22.7 Å². The van der Waals surface area contributed by atoms with Crippen molar-refractivity contribution in [1.82, 2.24) is 10.6 Å². The number of anilines is 1. The molecule has 0 bridgehead atoms. The van der Waals surface area contributed by atoms with Gasteiger partial charge in [0.15, 0.2) is 0 Å². The number of piperazine rings is 1. The van der Waals surface area contributed by atoms with E-state index in [4.69, 9.17) is 0 Å². The maximum absolute atomic E-state index is 12.1. The van der Waals surface area contributed by atoms with E-state index in [2.05, 4.69) is 50.5 Å². The summed E-state index contributed by atoms with van der Waals surface area (Å²) in [5.74, 6) is 0.0914. The Balaban J connectivity index is 2.31. The van der Waals surface area contributed by atoms with E-state index in [1.165, 1.54) is 5.56 Å². The van der Waals surface area contributed by atoms with Crippen molar-refractivity contribution in [3.63, 3.8) is 0 Å². The molecule has 1 amide bonds. The zero-order chi connectivity index (χ0) is 14.0. The summed E-state index contributed by atoms with van der Waals surface area (Å²) in [6, 6.07) is 6.24. The molecule has 1 aromatic carbocycles. The van der Waals surface area contributed by atoms with Crippen molar-refractivity contribution >= 4 is 27.5 Å². The second-order valence-corrected chi connectivity index (χ2v) is 5.92. The van der Waals surface area contributed by atoms with Gasteiger partial charge >= 0.3 is 0 Å². The molecule has 2 N–H and O–H groups in total. The molecule has 5 heteroatoms. The number of rotatable bonds is 3. The molecule has 0 spiro atoms. The number of amides is 1. The van der Waals surface area contributed by atoms with Gasteiger partial charge < -0.3 is 15.5 Å². The summed E-state index contributed by atoms with van der Waals surface area (Å²) in [6.07, 6.45) is 0. The largest absolute Gasteiger partial charge is 0.356 e. The Morgan fingerprint density at radius 1 is 1.53 bits per heavy atom. The Hall–Kier alpha value is -1.07. The number of carbonyl (C=O) groups excluding carboxylic acids is 1. The topological polar surface area (TPSA) is 44.4 Å². The van der Waals surface area contributed by atoms with E-state index in [-0.39, 0.29) is 18.0 Å². The van der Waals surface area contributed by atoms with Crippen LogP contribution in [0.2, 0.25) is 0 Å². The van der Waals surface area contributed by atoms with Gasteiger partial charge in [-0.3, -0.25) is 4.79 Å². The zero-order valence-corrected chi connectivity index (χ0v) is 13.1. The van der Waals surface area contributed by atoms with Crippen LogP contribution < -0.4 is 15.5 Å². The van der Waals surface area contributed by atoms with Gasteiger partial charge in [-0.05, 0) is 44.7 Å².